The first-order valence-corrected chi connectivity index (χ1v) is 21.9. The molecule has 4 amide bonds. The summed E-state index contributed by atoms with van der Waals surface area (Å²) in [5.74, 6) is -3.95. The van der Waals surface area contributed by atoms with Crippen molar-refractivity contribution in [1.82, 2.24) is 25.2 Å². The van der Waals surface area contributed by atoms with Crippen LogP contribution in [0.15, 0.2) is 24.3 Å². The second-order valence-corrected chi connectivity index (χ2v) is 19.0. The van der Waals surface area contributed by atoms with Crippen molar-refractivity contribution in [2.45, 2.75) is 139 Å². The number of halogens is 2. The molecular formula is C41H53F2N5O8S. The number of pyridine rings is 1. The smallest absolute Gasteiger partial charge is 0.407 e. The Hall–Kier alpha value is -4.34. The minimum atomic E-state index is -4.04. The van der Waals surface area contributed by atoms with Crippen LogP contribution >= 0.6 is 0 Å². The first kappa shape index (κ1) is 40.8. The number of ether oxygens (including phenoxy) is 2. The number of sulfonamides is 1. The van der Waals surface area contributed by atoms with E-state index in [2.05, 4.69) is 20.3 Å². The van der Waals surface area contributed by atoms with Gasteiger partial charge in [-0.15, -0.1) is 0 Å². The topological polar surface area (TPSA) is 173 Å². The van der Waals surface area contributed by atoms with Crippen molar-refractivity contribution in [3.05, 3.63) is 47.2 Å². The standard InChI is InChI=1S/C41H53F2N5O8S/c1-4-28-29-20-30(42)31(43)21-33(29)44-24(2)35(28)56-27-19-34-36(49)46-41(38(51)47-57(53,54)40(3)17-18-40)16-15-26(41)13-8-6-5-7-9-14-32(37(50)48(34)22-27)45-39(52)55-23-25-11-10-12-25/h8,13,20-21,25-27,32,34H,4-7,9-12,14-19,22-23H2,1-3H3,(H,45,52)(H,46,49)(H,47,51). The molecule has 0 bridgehead atoms. The summed E-state index contributed by atoms with van der Waals surface area (Å²) in [6.07, 6.45) is 10.3. The first-order chi connectivity index (χ1) is 27.1. The number of allylic oxidation sites excluding steroid dienone is 1. The number of nitrogens with one attached hydrogen (secondary N) is 3. The van der Waals surface area contributed by atoms with Crippen molar-refractivity contribution in [1.29, 1.82) is 0 Å². The predicted molar refractivity (Wildman–Crippen MR) is 206 cm³/mol. The molecule has 310 valence electrons. The number of aryl methyl sites for hydroxylation is 2. The molecule has 0 spiro atoms. The molecule has 5 aliphatic rings. The summed E-state index contributed by atoms with van der Waals surface area (Å²) in [6, 6.07) is -0.0947. The molecule has 1 aromatic carbocycles. The number of carbonyl (C=O) groups is 4. The summed E-state index contributed by atoms with van der Waals surface area (Å²) in [6.45, 7) is 5.27. The number of alkyl carbamates (subject to hydrolysis) is 1. The molecule has 1 aromatic heterocycles. The van der Waals surface area contributed by atoms with Gasteiger partial charge in [0.1, 0.15) is 29.5 Å². The molecule has 7 rings (SSSR count). The van der Waals surface area contributed by atoms with E-state index in [1.807, 2.05) is 19.1 Å². The number of fused-ring (bicyclic) bond motifs is 3. The van der Waals surface area contributed by atoms with Crippen LogP contribution < -0.4 is 20.1 Å². The summed E-state index contributed by atoms with van der Waals surface area (Å²) in [5.41, 5.74) is -0.343. The van der Waals surface area contributed by atoms with Gasteiger partial charge in [-0.3, -0.25) is 19.1 Å². The van der Waals surface area contributed by atoms with Crippen molar-refractivity contribution in [3.63, 3.8) is 0 Å². The van der Waals surface area contributed by atoms with Crippen LogP contribution in [0.5, 0.6) is 5.75 Å². The average molecular weight is 814 g/mol. The van der Waals surface area contributed by atoms with E-state index in [4.69, 9.17) is 9.47 Å². The molecule has 0 radical (unpaired) electrons. The van der Waals surface area contributed by atoms with Gasteiger partial charge in [0.15, 0.2) is 11.6 Å². The molecule has 3 heterocycles. The van der Waals surface area contributed by atoms with Gasteiger partial charge in [0, 0.05) is 29.4 Å². The Morgan fingerprint density at radius 1 is 1.04 bits per heavy atom. The highest BCUT2D eigenvalue weighted by Gasteiger charge is 2.58. The SMILES string of the molecule is CCc1c(OC2CC3C(=O)NC4(C(=O)NS(=O)(=O)C5(C)CC5)CCC4C=CCCCCCC(NC(=O)OCC4CCC4)C(=O)N3C2)c(C)nc2cc(F)c(F)cc12. The lowest BCUT2D eigenvalue weighted by Crippen LogP contribution is -2.70. The van der Waals surface area contributed by atoms with E-state index >= 15 is 0 Å². The average Bonchev–Trinajstić information content (AvgIpc) is 3.76. The summed E-state index contributed by atoms with van der Waals surface area (Å²) >= 11 is 0. The van der Waals surface area contributed by atoms with E-state index in [1.54, 1.807) is 13.8 Å². The Balaban J connectivity index is 1.21. The van der Waals surface area contributed by atoms with E-state index in [0.29, 0.717) is 67.3 Å². The number of rotatable bonds is 9. The number of aromatic nitrogens is 1. The van der Waals surface area contributed by atoms with Crippen LogP contribution in [0.3, 0.4) is 0 Å². The van der Waals surface area contributed by atoms with Gasteiger partial charge in [-0.1, -0.05) is 38.3 Å². The van der Waals surface area contributed by atoms with Crippen molar-refractivity contribution >= 4 is 44.7 Å². The molecule has 57 heavy (non-hydrogen) atoms. The molecule has 1 saturated heterocycles. The molecule has 3 saturated carbocycles. The number of nitrogens with zero attached hydrogens (tertiary/aromatic N) is 2. The van der Waals surface area contributed by atoms with Gasteiger partial charge in [-0.2, -0.15) is 0 Å². The monoisotopic (exact) mass is 813 g/mol. The molecule has 2 aliphatic heterocycles. The minimum absolute atomic E-state index is 0.0244. The number of hydrogen-bond acceptors (Lipinski definition) is 9. The number of hydrogen-bond donors (Lipinski definition) is 3. The van der Waals surface area contributed by atoms with Crippen molar-refractivity contribution < 1.29 is 45.9 Å². The van der Waals surface area contributed by atoms with Crippen molar-refractivity contribution in [2.24, 2.45) is 11.8 Å². The Morgan fingerprint density at radius 2 is 1.79 bits per heavy atom. The summed E-state index contributed by atoms with van der Waals surface area (Å²) in [7, 11) is -4.04. The number of benzene rings is 1. The highest BCUT2D eigenvalue weighted by atomic mass is 32.2. The van der Waals surface area contributed by atoms with Gasteiger partial charge in [0.05, 0.1) is 29.1 Å². The van der Waals surface area contributed by atoms with Crippen LogP contribution in [0.25, 0.3) is 10.9 Å². The molecule has 2 aromatic rings. The zero-order valence-corrected chi connectivity index (χ0v) is 33.7. The lowest BCUT2D eigenvalue weighted by Gasteiger charge is -2.47. The zero-order chi connectivity index (χ0) is 40.7. The van der Waals surface area contributed by atoms with E-state index < -0.39 is 79.9 Å². The van der Waals surface area contributed by atoms with Gasteiger partial charge in [-0.25, -0.2) is 27.0 Å². The van der Waals surface area contributed by atoms with E-state index in [1.165, 1.54) is 4.90 Å². The molecule has 5 atom stereocenters. The highest BCUT2D eigenvalue weighted by molar-refractivity contribution is 7.91. The summed E-state index contributed by atoms with van der Waals surface area (Å²) in [5, 5.41) is 6.06. The lowest BCUT2D eigenvalue weighted by molar-refractivity contribution is -0.144. The van der Waals surface area contributed by atoms with Gasteiger partial charge < -0.3 is 25.0 Å². The molecule has 16 heteroatoms. The normalized spacial score (nSPS) is 27.8. The number of amides is 4. The summed E-state index contributed by atoms with van der Waals surface area (Å²) < 4.78 is 68.5. The van der Waals surface area contributed by atoms with Crippen LogP contribution in [-0.2, 0) is 35.6 Å². The fraction of sp³-hybridized carbons (Fsp3) is 0.634. The van der Waals surface area contributed by atoms with E-state index in [9.17, 15) is 36.4 Å². The van der Waals surface area contributed by atoms with Crippen molar-refractivity contribution in [3.8, 4) is 5.75 Å². The Kier molecular flexibility index (Phi) is 11.6. The quantitative estimate of drug-likeness (QED) is 0.280. The zero-order valence-electron chi connectivity index (χ0n) is 32.8. The molecule has 3 N–H and O–H groups in total. The maximum absolute atomic E-state index is 14.6. The van der Waals surface area contributed by atoms with Crippen molar-refractivity contribution in [2.75, 3.05) is 13.2 Å². The Bertz CT molecular complexity index is 2070. The molecule has 13 nitrogen and oxygen atoms in total. The minimum Gasteiger partial charge on any atom is -0.486 e. The highest BCUT2D eigenvalue weighted by Crippen LogP contribution is 2.45. The molecule has 4 fully saturated rings. The first-order valence-electron chi connectivity index (χ1n) is 20.4. The van der Waals surface area contributed by atoms with Gasteiger partial charge in [0.2, 0.25) is 21.8 Å². The second-order valence-electron chi connectivity index (χ2n) is 16.8. The number of carbonyl (C=O) groups excluding carboxylic acids is 4. The van der Waals surface area contributed by atoms with Crippen LogP contribution in [-0.4, -0.2) is 83.7 Å². The van der Waals surface area contributed by atoms with Gasteiger partial charge in [0.25, 0.3) is 5.91 Å². The third-order valence-corrected chi connectivity index (χ3v) is 15.0. The second kappa shape index (κ2) is 16.1. The molecular weight excluding hydrogens is 761 g/mol. The molecule has 5 unspecified atom stereocenters. The van der Waals surface area contributed by atoms with Crippen LogP contribution in [0.4, 0.5) is 13.6 Å². The third kappa shape index (κ3) is 8.20. The van der Waals surface area contributed by atoms with E-state index in [-0.39, 0.29) is 37.4 Å². The fourth-order valence-corrected chi connectivity index (χ4v) is 9.78. The van der Waals surface area contributed by atoms with Crippen LogP contribution in [0.1, 0.15) is 109 Å². The summed E-state index contributed by atoms with van der Waals surface area (Å²) in [4.78, 5) is 62.2. The van der Waals surface area contributed by atoms with Crippen LogP contribution in [0.2, 0.25) is 0 Å². The predicted octanol–water partition coefficient (Wildman–Crippen LogP) is 5.41. The fourth-order valence-electron chi connectivity index (χ4n) is 8.47. The van der Waals surface area contributed by atoms with E-state index in [0.717, 1.165) is 44.2 Å². The molecule has 3 aliphatic carbocycles. The van der Waals surface area contributed by atoms with Crippen LogP contribution in [0, 0.1) is 30.4 Å². The lowest BCUT2D eigenvalue weighted by atomic mass is 9.65. The largest absolute Gasteiger partial charge is 0.486 e. The maximum atomic E-state index is 14.6. The third-order valence-electron chi connectivity index (χ3n) is 12.8. The van der Waals surface area contributed by atoms with Gasteiger partial charge in [-0.05, 0) is 90.0 Å². The maximum Gasteiger partial charge on any atom is 0.407 e. The Labute approximate surface area is 332 Å². The van der Waals surface area contributed by atoms with Gasteiger partial charge >= 0.3 is 6.09 Å². The Morgan fingerprint density at radius 3 is 2.46 bits per heavy atom.